The molecule has 0 amide bonds. The fraction of sp³-hybridized carbons (Fsp3) is 0.588. The topological polar surface area (TPSA) is 52.3 Å². The molecule has 6 heteroatoms. The number of hydrogen-bond acceptors (Lipinski definition) is 3. The average molecular weight is 331 g/mol. The van der Waals surface area contributed by atoms with Gasteiger partial charge in [-0.25, -0.2) is 0 Å². The molecule has 2 N–H and O–H groups in total. The summed E-state index contributed by atoms with van der Waals surface area (Å²) in [5.74, 6) is -0.368. The van der Waals surface area contributed by atoms with Gasteiger partial charge in [-0.15, -0.1) is 0 Å². The van der Waals surface area contributed by atoms with Crippen LogP contribution in [-0.4, -0.2) is 18.1 Å². The van der Waals surface area contributed by atoms with E-state index in [9.17, 15) is 18.0 Å². The molecule has 0 saturated heterocycles. The Kier molecular flexibility index (Phi) is 7.55. The van der Waals surface area contributed by atoms with Crippen LogP contribution in [-0.2, 0) is 22.1 Å². The zero-order valence-corrected chi connectivity index (χ0v) is 13.5. The van der Waals surface area contributed by atoms with Crippen molar-refractivity contribution in [3.8, 4) is 0 Å². The van der Waals surface area contributed by atoms with Gasteiger partial charge in [0, 0.05) is 6.04 Å². The summed E-state index contributed by atoms with van der Waals surface area (Å²) in [6, 6.07) is 4.34. The summed E-state index contributed by atoms with van der Waals surface area (Å²) in [5.41, 5.74) is 5.85. The third-order valence-electron chi connectivity index (χ3n) is 3.50. The second-order valence-corrected chi connectivity index (χ2v) is 5.81. The monoisotopic (exact) mass is 331 g/mol. The van der Waals surface area contributed by atoms with E-state index in [2.05, 4.69) is 6.92 Å². The number of carbonyl (C=O) groups is 1. The van der Waals surface area contributed by atoms with E-state index in [1.165, 1.54) is 12.1 Å². The minimum absolute atomic E-state index is 0.0531. The molecule has 0 spiro atoms. The Bertz CT molecular complexity index is 486. The summed E-state index contributed by atoms with van der Waals surface area (Å²) < 4.78 is 42.7. The molecule has 0 heterocycles. The third-order valence-corrected chi connectivity index (χ3v) is 3.50. The van der Waals surface area contributed by atoms with Gasteiger partial charge in [0.15, 0.2) is 0 Å². The Morgan fingerprint density at radius 3 is 2.39 bits per heavy atom. The first-order chi connectivity index (χ1) is 10.7. The van der Waals surface area contributed by atoms with Gasteiger partial charge in [0.05, 0.1) is 18.1 Å². The van der Waals surface area contributed by atoms with Gasteiger partial charge in [0.1, 0.15) is 0 Å². The van der Waals surface area contributed by atoms with Gasteiger partial charge >= 0.3 is 12.1 Å². The van der Waals surface area contributed by atoms with Crippen LogP contribution in [0, 0.1) is 0 Å². The van der Waals surface area contributed by atoms with Crippen molar-refractivity contribution < 1.29 is 22.7 Å². The molecule has 0 fully saturated rings. The zero-order chi connectivity index (χ0) is 17.5. The lowest BCUT2D eigenvalue weighted by Gasteiger charge is -2.16. The van der Waals surface area contributed by atoms with Crippen molar-refractivity contribution >= 4 is 5.97 Å². The Balaban J connectivity index is 2.44. The van der Waals surface area contributed by atoms with E-state index >= 15 is 0 Å². The summed E-state index contributed by atoms with van der Waals surface area (Å²) in [6.45, 7) is 3.91. The van der Waals surface area contributed by atoms with Crippen LogP contribution in [0.25, 0.3) is 0 Å². The van der Waals surface area contributed by atoms with Crippen LogP contribution in [0.2, 0.25) is 0 Å². The maximum Gasteiger partial charge on any atom is 0.416 e. The number of carbonyl (C=O) groups excluding carboxylic acids is 1. The number of unbranched alkanes of at least 4 members (excludes halogenated alkanes) is 1. The van der Waals surface area contributed by atoms with E-state index in [0.29, 0.717) is 12.0 Å². The molecule has 1 unspecified atom stereocenters. The molecular formula is C17H24F3NO2. The Hall–Kier alpha value is -1.56. The Labute approximate surface area is 135 Å². The molecule has 0 saturated carbocycles. The lowest BCUT2D eigenvalue weighted by Crippen LogP contribution is -2.28. The Morgan fingerprint density at radius 1 is 1.26 bits per heavy atom. The summed E-state index contributed by atoms with van der Waals surface area (Å²) in [7, 11) is 0. The van der Waals surface area contributed by atoms with Gasteiger partial charge in [0.25, 0.3) is 0 Å². The number of benzene rings is 1. The highest BCUT2D eigenvalue weighted by molar-refractivity contribution is 5.70. The molecular weight excluding hydrogens is 307 g/mol. The van der Waals surface area contributed by atoms with Crippen LogP contribution in [0.4, 0.5) is 13.2 Å². The number of nitrogens with two attached hydrogens (primary N) is 1. The number of esters is 1. The summed E-state index contributed by atoms with van der Waals surface area (Å²) >= 11 is 0. The molecule has 0 aliphatic heterocycles. The number of ether oxygens (including phenoxy) is 1. The predicted molar refractivity (Wildman–Crippen MR) is 82.8 cm³/mol. The highest BCUT2D eigenvalue weighted by atomic mass is 19.4. The first-order valence-corrected chi connectivity index (χ1v) is 7.83. The normalized spacial score (nSPS) is 14.3. The molecule has 0 radical (unpaired) electrons. The second-order valence-electron chi connectivity index (χ2n) is 5.81. The van der Waals surface area contributed by atoms with Crippen molar-refractivity contribution in [2.24, 2.45) is 5.73 Å². The van der Waals surface area contributed by atoms with Gasteiger partial charge < -0.3 is 10.5 Å². The predicted octanol–water partition coefficient (Wildman–Crippen LogP) is 4.09. The maximum absolute atomic E-state index is 12.5. The van der Waals surface area contributed by atoms with E-state index in [-0.39, 0.29) is 18.5 Å². The minimum Gasteiger partial charge on any atom is -0.463 e. The first-order valence-electron chi connectivity index (χ1n) is 7.83. The lowest BCUT2D eigenvalue weighted by molar-refractivity contribution is -0.149. The molecule has 3 nitrogen and oxygen atoms in total. The van der Waals surface area contributed by atoms with Crippen LogP contribution in [0.15, 0.2) is 24.3 Å². The van der Waals surface area contributed by atoms with Crippen molar-refractivity contribution in [1.29, 1.82) is 0 Å². The molecule has 1 aromatic carbocycles. The smallest absolute Gasteiger partial charge is 0.416 e. The van der Waals surface area contributed by atoms with Crippen molar-refractivity contribution in [1.82, 2.24) is 0 Å². The standard InChI is InChI=1S/C17H24F3NO2/c1-3-4-5-12(2)23-16(22)11-15(21)10-13-6-8-14(9-7-13)17(18,19)20/h6-9,12,15H,3-5,10-11,21H2,1-2H3/t12?,15-/m0/s1. The zero-order valence-electron chi connectivity index (χ0n) is 13.5. The van der Waals surface area contributed by atoms with E-state index in [0.717, 1.165) is 31.4 Å². The molecule has 1 rings (SSSR count). The number of hydrogen-bond donors (Lipinski definition) is 1. The number of alkyl halides is 3. The van der Waals surface area contributed by atoms with Crippen LogP contribution in [0.1, 0.15) is 50.7 Å². The van der Waals surface area contributed by atoms with Crippen LogP contribution >= 0.6 is 0 Å². The van der Waals surface area contributed by atoms with Crippen molar-refractivity contribution in [2.45, 2.75) is 64.3 Å². The summed E-state index contributed by atoms with van der Waals surface area (Å²) in [6.07, 6.45) is -1.26. The number of halogens is 3. The first kappa shape index (κ1) is 19.5. The van der Waals surface area contributed by atoms with Gasteiger partial charge in [-0.1, -0.05) is 31.9 Å². The summed E-state index contributed by atoms with van der Waals surface area (Å²) in [4.78, 5) is 11.8. The van der Waals surface area contributed by atoms with Crippen molar-refractivity contribution in [2.75, 3.05) is 0 Å². The highest BCUT2D eigenvalue weighted by Crippen LogP contribution is 2.29. The Morgan fingerprint density at radius 2 is 1.87 bits per heavy atom. The highest BCUT2D eigenvalue weighted by Gasteiger charge is 2.30. The van der Waals surface area contributed by atoms with Crippen LogP contribution in [0.3, 0.4) is 0 Å². The van der Waals surface area contributed by atoms with Crippen molar-refractivity contribution in [3.63, 3.8) is 0 Å². The lowest BCUT2D eigenvalue weighted by atomic mass is 10.0. The number of rotatable bonds is 8. The third kappa shape index (κ3) is 7.50. The maximum atomic E-state index is 12.5. The minimum atomic E-state index is -4.35. The van der Waals surface area contributed by atoms with E-state index in [1.54, 1.807) is 0 Å². The second kappa shape index (κ2) is 8.91. The quantitative estimate of drug-likeness (QED) is 0.730. The summed E-state index contributed by atoms with van der Waals surface area (Å²) in [5, 5.41) is 0. The van der Waals surface area contributed by atoms with Gasteiger partial charge in [-0.3, -0.25) is 4.79 Å². The molecule has 130 valence electrons. The fourth-order valence-corrected chi connectivity index (χ4v) is 2.24. The van der Waals surface area contributed by atoms with E-state index in [1.807, 2.05) is 6.92 Å². The van der Waals surface area contributed by atoms with Gasteiger partial charge in [-0.05, 0) is 37.5 Å². The average Bonchev–Trinajstić information content (AvgIpc) is 2.44. The molecule has 0 bridgehead atoms. The van der Waals surface area contributed by atoms with E-state index < -0.39 is 17.8 Å². The molecule has 0 aliphatic rings. The molecule has 0 aromatic heterocycles. The molecule has 1 aromatic rings. The molecule has 23 heavy (non-hydrogen) atoms. The fourth-order valence-electron chi connectivity index (χ4n) is 2.24. The van der Waals surface area contributed by atoms with Gasteiger partial charge in [-0.2, -0.15) is 13.2 Å². The molecule has 2 atom stereocenters. The van der Waals surface area contributed by atoms with Gasteiger partial charge in [0.2, 0.25) is 0 Å². The largest absolute Gasteiger partial charge is 0.463 e. The van der Waals surface area contributed by atoms with Crippen LogP contribution < -0.4 is 5.73 Å². The molecule has 0 aliphatic carbocycles. The van der Waals surface area contributed by atoms with Crippen molar-refractivity contribution in [3.05, 3.63) is 35.4 Å². The SMILES string of the molecule is CCCCC(C)OC(=O)C[C@@H](N)Cc1ccc(C(F)(F)F)cc1. The van der Waals surface area contributed by atoms with E-state index in [4.69, 9.17) is 10.5 Å². The van der Waals surface area contributed by atoms with Crippen LogP contribution in [0.5, 0.6) is 0 Å².